The molecule has 0 spiro atoms. The summed E-state index contributed by atoms with van der Waals surface area (Å²) in [6, 6.07) is 7.26. The third kappa shape index (κ3) is 3.45. The van der Waals surface area contributed by atoms with E-state index in [1.165, 1.54) is 29.7 Å². The maximum Gasteiger partial charge on any atom is 0.348 e. The van der Waals surface area contributed by atoms with Crippen LogP contribution in [-0.4, -0.2) is 21.5 Å². The fourth-order valence-corrected chi connectivity index (χ4v) is 4.59. The van der Waals surface area contributed by atoms with Crippen molar-refractivity contribution >= 4 is 27.3 Å². The molecule has 3 rings (SSSR count). The number of benzene rings is 1. The predicted octanol–water partition coefficient (Wildman–Crippen LogP) is 1.62. The van der Waals surface area contributed by atoms with Gasteiger partial charge in [-0.1, -0.05) is 18.2 Å². The zero-order chi connectivity index (χ0) is 16.4. The molecule has 0 fully saturated rings. The number of carbonyl (C=O) groups excluding carboxylic acids is 1. The Bertz CT molecular complexity index is 843. The molecule has 1 aromatic carbocycles. The van der Waals surface area contributed by atoms with Crippen molar-refractivity contribution in [2.45, 2.75) is 24.5 Å². The molecule has 0 unspecified atom stereocenters. The molecule has 0 radical (unpaired) electrons. The van der Waals surface area contributed by atoms with E-state index in [2.05, 4.69) is 14.8 Å². The second kappa shape index (κ2) is 6.40. The number of methoxy groups -OCH3 is 1. The summed E-state index contributed by atoms with van der Waals surface area (Å²) in [7, 11) is -2.40. The minimum atomic E-state index is -3.66. The number of hydrogen-bond acceptors (Lipinski definition) is 6. The lowest BCUT2D eigenvalue weighted by molar-refractivity contribution is 0.0606. The van der Waals surface area contributed by atoms with Crippen LogP contribution in [0.3, 0.4) is 0 Å². The molecule has 0 saturated heterocycles. The van der Waals surface area contributed by atoms with Crippen LogP contribution in [0.2, 0.25) is 0 Å². The van der Waals surface area contributed by atoms with Crippen LogP contribution in [0.1, 0.15) is 26.4 Å². The molecule has 2 N–H and O–H groups in total. The number of ether oxygens (including phenoxy) is 1. The van der Waals surface area contributed by atoms with Gasteiger partial charge in [0.15, 0.2) is 0 Å². The fraction of sp³-hybridized carbons (Fsp3) is 0.267. The third-order valence-electron chi connectivity index (χ3n) is 3.64. The van der Waals surface area contributed by atoms with E-state index in [9.17, 15) is 13.2 Å². The first-order valence-electron chi connectivity index (χ1n) is 6.97. The maximum absolute atomic E-state index is 12.3. The van der Waals surface area contributed by atoms with Crippen molar-refractivity contribution in [2.24, 2.45) is 0 Å². The molecule has 0 saturated carbocycles. The molecule has 1 aliphatic heterocycles. The number of esters is 1. The van der Waals surface area contributed by atoms with Crippen LogP contribution in [0.15, 0.2) is 34.5 Å². The van der Waals surface area contributed by atoms with E-state index in [1.54, 1.807) is 0 Å². The fourth-order valence-electron chi connectivity index (χ4n) is 2.39. The predicted molar refractivity (Wildman–Crippen MR) is 86.7 cm³/mol. The summed E-state index contributed by atoms with van der Waals surface area (Å²) in [5.41, 5.74) is 3.35. The lowest BCUT2D eigenvalue weighted by atomic mass is 10.1. The Balaban J connectivity index is 1.71. The van der Waals surface area contributed by atoms with Gasteiger partial charge in [-0.15, -0.1) is 11.3 Å². The van der Waals surface area contributed by atoms with Crippen molar-refractivity contribution in [1.82, 2.24) is 10.0 Å². The first-order chi connectivity index (χ1) is 11.0. The van der Waals surface area contributed by atoms with Crippen molar-refractivity contribution in [3.63, 3.8) is 0 Å². The molecule has 1 aromatic heterocycles. The standard InChI is InChI=1S/C15H16N2O4S2/c1-21-15(18)14-5-13(9-22-14)23(19,20)17-6-10-2-3-11-7-16-8-12(11)4-10/h2-5,9,16-17H,6-8H2,1H3. The molecule has 8 heteroatoms. The van der Waals surface area contributed by atoms with E-state index in [0.29, 0.717) is 0 Å². The number of thiophene rings is 1. The number of nitrogens with one attached hydrogen (secondary N) is 2. The minimum absolute atomic E-state index is 0.0747. The second-order valence-electron chi connectivity index (χ2n) is 5.17. The highest BCUT2D eigenvalue weighted by Gasteiger charge is 2.19. The smallest absolute Gasteiger partial charge is 0.348 e. The summed E-state index contributed by atoms with van der Waals surface area (Å²) in [5.74, 6) is -0.539. The summed E-state index contributed by atoms with van der Waals surface area (Å²) in [6.07, 6.45) is 0. The molecule has 0 aliphatic carbocycles. The topological polar surface area (TPSA) is 84.5 Å². The third-order valence-corrected chi connectivity index (χ3v) is 6.08. The average Bonchev–Trinajstić information content (AvgIpc) is 3.21. The number of rotatable bonds is 5. The molecule has 1 aliphatic rings. The van der Waals surface area contributed by atoms with Crippen molar-refractivity contribution in [3.05, 3.63) is 51.2 Å². The van der Waals surface area contributed by atoms with Gasteiger partial charge in [-0.05, 0) is 22.8 Å². The molecular formula is C15H16N2O4S2. The van der Waals surface area contributed by atoms with E-state index in [4.69, 9.17) is 0 Å². The van der Waals surface area contributed by atoms with Gasteiger partial charge >= 0.3 is 5.97 Å². The minimum Gasteiger partial charge on any atom is -0.465 e. The van der Waals surface area contributed by atoms with Crippen LogP contribution in [-0.2, 0) is 34.4 Å². The SMILES string of the molecule is COC(=O)c1cc(S(=O)(=O)NCc2ccc3c(c2)CNC3)cs1. The van der Waals surface area contributed by atoms with Gasteiger partial charge in [0.05, 0.1) is 12.0 Å². The number of carbonyl (C=O) groups is 1. The normalized spacial score (nSPS) is 13.8. The molecule has 6 nitrogen and oxygen atoms in total. The van der Waals surface area contributed by atoms with Crippen molar-refractivity contribution in [2.75, 3.05) is 7.11 Å². The van der Waals surface area contributed by atoms with Crippen molar-refractivity contribution in [1.29, 1.82) is 0 Å². The van der Waals surface area contributed by atoms with Gasteiger partial charge in [0, 0.05) is 25.0 Å². The van der Waals surface area contributed by atoms with Gasteiger partial charge in [-0.25, -0.2) is 17.9 Å². The molecule has 0 atom stereocenters. The summed E-state index contributed by atoms with van der Waals surface area (Å²) < 4.78 is 31.7. The van der Waals surface area contributed by atoms with Crippen molar-refractivity contribution in [3.8, 4) is 0 Å². The number of hydrogen-bond donors (Lipinski definition) is 2. The first kappa shape index (κ1) is 16.1. The Hall–Kier alpha value is -1.74. The van der Waals surface area contributed by atoms with Crippen LogP contribution in [0.4, 0.5) is 0 Å². The molecule has 23 heavy (non-hydrogen) atoms. The molecule has 2 aromatic rings. The van der Waals surface area contributed by atoms with Crippen LogP contribution in [0, 0.1) is 0 Å². The molecule has 0 bridgehead atoms. The van der Waals surface area contributed by atoms with E-state index < -0.39 is 16.0 Å². The lowest BCUT2D eigenvalue weighted by Crippen LogP contribution is -2.22. The largest absolute Gasteiger partial charge is 0.465 e. The van der Waals surface area contributed by atoms with E-state index in [1.807, 2.05) is 18.2 Å². The average molecular weight is 352 g/mol. The first-order valence-corrected chi connectivity index (χ1v) is 9.34. The summed E-state index contributed by atoms with van der Waals surface area (Å²) in [4.78, 5) is 11.7. The maximum atomic E-state index is 12.3. The van der Waals surface area contributed by atoms with Gasteiger partial charge in [0.2, 0.25) is 10.0 Å². The van der Waals surface area contributed by atoms with Crippen molar-refractivity contribution < 1.29 is 17.9 Å². The Morgan fingerprint density at radius 1 is 1.30 bits per heavy atom. The molecule has 122 valence electrons. The summed E-state index contributed by atoms with van der Waals surface area (Å²) in [5, 5.41) is 4.68. The highest BCUT2D eigenvalue weighted by Crippen LogP contribution is 2.21. The molecule has 0 amide bonds. The Morgan fingerprint density at radius 3 is 2.87 bits per heavy atom. The van der Waals surface area contributed by atoms with Gasteiger partial charge in [-0.3, -0.25) is 0 Å². The van der Waals surface area contributed by atoms with E-state index in [0.717, 1.165) is 30.0 Å². The number of fused-ring (bicyclic) bond motifs is 1. The van der Waals surface area contributed by atoms with Crippen LogP contribution >= 0.6 is 11.3 Å². The lowest BCUT2D eigenvalue weighted by Gasteiger charge is -2.07. The monoisotopic (exact) mass is 352 g/mol. The highest BCUT2D eigenvalue weighted by molar-refractivity contribution is 7.89. The zero-order valence-electron chi connectivity index (χ0n) is 12.5. The number of sulfonamides is 1. The Morgan fingerprint density at radius 2 is 2.09 bits per heavy atom. The zero-order valence-corrected chi connectivity index (χ0v) is 14.1. The summed E-state index contributed by atoms with van der Waals surface area (Å²) in [6.45, 7) is 1.87. The van der Waals surface area contributed by atoms with Gasteiger partial charge in [-0.2, -0.15) is 0 Å². The van der Waals surface area contributed by atoms with Crippen LogP contribution in [0.5, 0.6) is 0 Å². The van der Waals surface area contributed by atoms with Gasteiger partial charge in [0.25, 0.3) is 0 Å². The van der Waals surface area contributed by atoms with Gasteiger partial charge in [0.1, 0.15) is 4.88 Å². The van der Waals surface area contributed by atoms with Gasteiger partial charge < -0.3 is 10.1 Å². The van der Waals surface area contributed by atoms with Crippen LogP contribution < -0.4 is 10.0 Å². The van der Waals surface area contributed by atoms with E-state index >= 15 is 0 Å². The second-order valence-corrected chi connectivity index (χ2v) is 7.85. The summed E-state index contributed by atoms with van der Waals surface area (Å²) >= 11 is 1.05. The van der Waals surface area contributed by atoms with Crippen LogP contribution in [0.25, 0.3) is 0 Å². The molecular weight excluding hydrogens is 336 g/mol. The Kier molecular flexibility index (Phi) is 4.49. The van der Waals surface area contributed by atoms with E-state index in [-0.39, 0.29) is 16.3 Å². The highest BCUT2D eigenvalue weighted by atomic mass is 32.2. The molecule has 2 heterocycles. The Labute approximate surface area is 138 Å². The quantitative estimate of drug-likeness (QED) is 0.799.